The molecule has 2 saturated heterocycles. The lowest BCUT2D eigenvalue weighted by Gasteiger charge is -2.37. The van der Waals surface area contributed by atoms with Crippen LogP contribution >= 0.6 is 0 Å². The molecule has 7 heteroatoms. The molecule has 2 aliphatic heterocycles. The van der Waals surface area contributed by atoms with Crippen LogP contribution in [0.4, 0.5) is 0 Å². The Morgan fingerprint density at radius 3 is 2.95 bits per heavy atom. The third-order valence-corrected chi connectivity index (χ3v) is 5.34. The highest BCUT2D eigenvalue weighted by Crippen LogP contribution is 2.22. The second-order valence-corrected chi connectivity index (χ2v) is 7.07. The molecule has 1 aromatic rings. The lowest BCUT2D eigenvalue weighted by atomic mass is 10.1. The number of hydrogen-bond acceptors (Lipinski definition) is 5. The smallest absolute Gasteiger partial charge is 0.272 e. The number of rotatable bonds is 1. The summed E-state index contributed by atoms with van der Waals surface area (Å²) in [5.41, 5.74) is 0.368. The van der Waals surface area contributed by atoms with E-state index in [1.807, 2.05) is 0 Å². The van der Waals surface area contributed by atoms with Crippen LogP contribution in [0.5, 0.6) is 0 Å². The molecule has 3 rings (SSSR count). The van der Waals surface area contributed by atoms with Crippen molar-refractivity contribution < 1.29 is 13.2 Å². The van der Waals surface area contributed by atoms with Gasteiger partial charge in [0.25, 0.3) is 5.91 Å². The number of nitrogens with zero attached hydrogens (tertiary/aromatic N) is 2. The summed E-state index contributed by atoms with van der Waals surface area (Å²) in [6, 6.07) is 4.74. The minimum atomic E-state index is -3.05. The summed E-state index contributed by atoms with van der Waals surface area (Å²) >= 11 is 0. The minimum absolute atomic E-state index is 0.0449. The van der Waals surface area contributed by atoms with Crippen molar-refractivity contribution in [1.29, 1.82) is 0 Å². The molecule has 0 unspecified atom stereocenters. The Labute approximate surface area is 111 Å². The van der Waals surface area contributed by atoms with Gasteiger partial charge in [-0.25, -0.2) is 8.42 Å². The SMILES string of the molecule is O=C(c1ccccn1)N1CCN[C@H]2CS(=O)(=O)C[C@H]21. The van der Waals surface area contributed by atoms with Crippen molar-refractivity contribution in [2.45, 2.75) is 12.1 Å². The van der Waals surface area contributed by atoms with E-state index in [-0.39, 0.29) is 29.5 Å². The van der Waals surface area contributed by atoms with Crippen LogP contribution in [0.15, 0.2) is 24.4 Å². The van der Waals surface area contributed by atoms with Gasteiger partial charge in [0, 0.05) is 25.3 Å². The number of aromatic nitrogens is 1. The van der Waals surface area contributed by atoms with Crippen molar-refractivity contribution in [2.24, 2.45) is 0 Å². The Bertz CT molecular complexity index is 587. The van der Waals surface area contributed by atoms with Crippen molar-refractivity contribution >= 4 is 15.7 Å². The summed E-state index contributed by atoms with van der Waals surface area (Å²) in [6.07, 6.45) is 1.57. The summed E-state index contributed by atoms with van der Waals surface area (Å²) in [7, 11) is -3.05. The van der Waals surface area contributed by atoms with E-state index < -0.39 is 9.84 Å². The summed E-state index contributed by atoms with van der Waals surface area (Å²) in [5.74, 6) is -0.0263. The summed E-state index contributed by atoms with van der Waals surface area (Å²) in [4.78, 5) is 18.1. The predicted octanol–water partition coefficient (Wildman–Crippen LogP) is -0.707. The minimum Gasteiger partial charge on any atom is -0.330 e. The van der Waals surface area contributed by atoms with Gasteiger partial charge in [0.1, 0.15) is 5.69 Å². The number of amides is 1. The van der Waals surface area contributed by atoms with Crippen LogP contribution in [-0.2, 0) is 9.84 Å². The number of sulfone groups is 1. The first-order valence-electron chi connectivity index (χ1n) is 6.23. The van der Waals surface area contributed by atoms with E-state index in [1.54, 1.807) is 29.3 Å². The zero-order valence-corrected chi connectivity index (χ0v) is 11.1. The third-order valence-electron chi connectivity index (χ3n) is 3.63. The van der Waals surface area contributed by atoms with E-state index in [4.69, 9.17) is 0 Å². The van der Waals surface area contributed by atoms with Gasteiger partial charge in [-0.05, 0) is 12.1 Å². The number of hydrogen-bond donors (Lipinski definition) is 1. The normalized spacial score (nSPS) is 28.9. The molecule has 3 heterocycles. The number of carbonyl (C=O) groups excluding carboxylic acids is 1. The standard InChI is InChI=1S/C12H15N3O3S/c16-12(9-3-1-2-4-13-9)15-6-5-14-10-7-19(17,18)8-11(10)15/h1-4,10-11,14H,5-8H2/t10-,11+/m0/s1. The quantitative estimate of drug-likeness (QED) is 0.736. The molecule has 0 spiro atoms. The topological polar surface area (TPSA) is 79.4 Å². The average molecular weight is 281 g/mol. The van der Waals surface area contributed by atoms with Gasteiger partial charge in [-0.2, -0.15) is 0 Å². The van der Waals surface area contributed by atoms with E-state index in [0.29, 0.717) is 18.8 Å². The van der Waals surface area contributed by atoms with Gasteiger partial charge in [0.15, 0.2) is 9.84 Å². The Morgan fingerprint density at radius 1 is 1.37 bits per heavy atom. The Morgan fingerprint density at radius 2 is 2.21 bits per heavy atom. The van der Waals surface area contributed by atoms with Crippen LogP contribution < -0.4 is 5.32 Å². The van der Waals surface area contributed by atoms with Crippen LogP contribution in [0.1, 0.15) is 10.5 Å². The van der Waals surface area contributed by atoms with Gasteiger partial charge in [-0.15, -0.1) is 0 Å². The molecular weight excluding hydrogens is 266 g/mol. The third kappa shape index (κ3) is 2.35. The molecule has 1 N–H and O–H groups in total. The Balaban J connectivity index is 1.87. The first kappa shape index (κ1) is 12.6. The highest BCUT2D eigenvalue weighted by molar-refractivity contribution is 7.91. The average Bonchev–Trinajstić information content (AvgIpc) is 2.72. The monoisotopic (exact) mass is 281 g/mol. The maximum Gasteiger partial charge on any atom is 0.272 e. The molecule has 0 bridgehead atoms. The van der Waals surface area contributed by atoms with Gasteiger partial charge in [0.05, 0.1) is 17.5 Å². The molecule has 1 aromatic heterocycles. The molecular formula is C12H15N3O3S. The molecule has 1 amide bonds. The van der Waals surface area contributed by atoms with Gasteiger partial charge in [-0.3, -0.25) is 9.78 Å². The second-order valence-electron chi connectivity index (χ2n) is 4.92. The molecule has 2 fully saturated rings. The van der Waals surface area contributed by atoms with Crippen LogP contribution in [0.2, 0.25) is 0 Å². The van der Waals surface area contributed by atoms with E-state index in [1.165, 1.54) is 0 Å². The lowest BCUT2D eigenvalue weighted by Crippen LogP contribution is -2.59. The van der Waals surface area contributed by atoms with Crippen molar-refractivity contribution in [3.8, 4) is 0 Å². The summed E-state index contributed by atoms with van der Waals surface area (Å²) in [6.45, 7) is 1.14. The van der Waals surface area contributed by atoms with Crippen LogP contribution in [0, 0.1) is 0 Å². The van der Waals surface area contributed by atoms with E-state index in [2.05, 4.69) is 10.3 Å². The first-order chi connectivity index (χ1) is 9.07. The zero-order valence-electron chi connectivity index (χ0n) is 10.3. The fourth-order valence-corrected chi connectivity index (χ4v) is 4.71. The number of fused-ring (bicyclic) bond motifs is 1. The predicted molar refractivity (Wildman–Crippen MR) is 69.5 cm³/mol. The largest absolute Gasteiger partial charge is 0.330 e. The highest BCUT2D eigenvalue weighted by atomic mass is 32.2. The van der Waals surface area contributed by atoms with E-state index in [9.17, 15) is 13.2 Å². The van der Waals surface area contributed by atoms with E-state index in [0.717, 1.165) is 0 Å². The van der Waals surface area contributed by atoms with Crippen LogP contribution in [0.25, 0.3) is 0 Å². The molecule has 102 valence electrons. The van der Waals surface area contributed by atoms with Crippen molar-refractivity contribution in [2.75, 3.05) is 24.6 Å². The molecule has 0 saturated carbocycles. The van der Waals surface area contributed by atoms with Gasteiger partial charge in [-0.1, -0.05) is 6.07 Å². The lowest BCUT2D eigenvalue weighted by molar-refractivity contribution is 0.0615. The molecule has 6 nitrogen and oxygen atoms in total. The molecule has 2 atom stereocenters. The number of carbonyl (C=O) groups is 1. The van der Waals surface area contributed by atoms with Gasteiger partial charge >= 0.3 is 0 Å². The number of pyridine rings is 1. The Hall–Kier alpha value is -1.47. The maximum absolute atomic E-state index is 12.4. The number of nitrogens with one attached hydrogen (secondary N) is 1. The van der Waals surface area contributed by atoms with Crippen LogP contribution in [0.3, 0.4) is 0 Å². The van der Waals surface area contributed by atoms with Crippen LogP contribution in [-0.4, -0.2) is 60.9 Å². The summed E-state index contributed by atoms with van der Waals surface area (Å²) in [5, 5.41) is 3.18. The van der Waals surface area contributed by atoms with Crippen molar-refractivity contribution in [3.63, 3.8) is 0 Å². The second kappa shape index (κ2) is 4.57. The molecule has 19 heavy (non-hydrogen) atoms. The fourth-order valence-electron chi connectivity index (χ4n) is 2.76. The van der Waals surface area contributed by atoms with E-state index >= 15 is 0 Å². The van der Waals surface area contributed by atoms with Crippen molar-refractivity contribution in [1.82, 2.24) is 15.2 Å². The van der Waals surface area contributed by atoms with Gasteiger partial charge < -0.3 is 10.2 Å². The fraction of sp³-hybridized carbons (Fsp3) is 0.500. The molecule has 0 aromatic carbocycles. The maximum atomic E-state index is 12.4. The summed E-state index contributed by atoms with van der Waals surface area (Å²) < 4.78 is 23.4. The molecule has 0 aliphatic carbocycles. The molecule has 0 radical (unpaired) electrons. The Kier molecular flexibility index (Phi) is 3.02. The number of piperazine rings is 1. The highest BCUT2D eigenvalue weighted by Gasteiger charge is 2.44. The first-order valence-corrected chi connectivity index (χ1v) is 8.05. The van der Waals surface area contributed by atoms with Crippen molar-refractivity contribution in [3.05, 3.63) is 30.1 Å². The van der Waals surface area contributed by atoms with Gasteiger partial charge in [0.2, 0.25) is 0 Å². The molecule has 2 aliphatic rings. The zero-order chi connectivity index (χ0) is 13.5.